The van der Waals surface area contributed by atoms with Gasteiger partial charge in [-0.05, 0) is 43.6 Å². The normalized spacial score (nSPS) is 19.2. The predicted molar refractivity (Wildman–Crippen MR) is 130 cm³/mol. The van der Waals surface area contributed by atoms with E-state index in [0.29, 0.717) is 19.0 Å². The number of hydrogen-bond donors (Lipinski definition) is 1. The van der Waals surface area contributed by atoms with Gasteiger partial charge in [-0.2, -0.15) is 0 Å². The second-order valence-electron chi connectivity index (χ2n) is 9.13. The van der Waals surface area contributed by atoms with Gasteiger partial charge in [0.1, 0.15) is 11.1 Å². The van der Waals surface area contributed by atoms with Crippen molar-refractivity contribution in [3.05, 3.63) is 82.3 Å². The van der Waals surface area contributed by atoms with Crippen LogP contribution in [0.4, 0.5) is 0 Å². The number of nitrogens with one attached hydrogen (secondary N) is 1. The molecule has 1 saturated carbocycles. The maximum absolute atomic E-state index is 13.5. The van der Waals surface area contributed by atoms with Crippen LogP contribution in [-0.4, -0.2) is 40.9 Å². The largest absolute Gasteiger partial charge is 0.349 e. The maximum Gasteiger partial charge on any atom is 0.259 e. The first-order chi connectivity index (χ1) is 16.1. The molecule has 1 N–H and O–H groups in total. The Morgan fingerprint density at radius 3 is 2.42 bits per heavy atom. The standard InChI is InChI=1S/C27H33N3O3/c1-2-15-28-26(32)23-18-30(22-12-6-7-13-22)19-24(25(23)31)27(33)29-16-8-11-21(14-17-29)20-9-4-3-5-10-20/h2-5,9-10,18-19,21-22H,1,6-8,11-17H2,(H,28,32)/t21-/m1/s1. The average molecular weight is 448 g/mol. The van der Waals surface area contributed by atoms with E-state index >= 15 is 0 Å². The van der Waals surface area contributed by atoms with Gasteiger partial charge in [0.05, 0.1) is 0 Å². The molecule has 2 aromatic rings. The van der Waals surface area contributed by atoms with E-state index in [1.54, 1.807) is 23.4 Å². The van der Waals surface area contributed by atoms with Gasteiger partial charge in [0.2, 0.25) is 5.43 Å². The first-order valence-electron chi connectivity index (χ1n) is 12.1. The third kappa shape index (κ3) is 5.27. The number of benzene rings is 1. The zero-order chi connectivity index (χ0) is 23.2. The van der Waals surface area contributed by atoms with Crippen molar-refractivity contribution in [3.8, 4) is 0 Å². The number of amides is 2. The summed E-state index contributed by atoms with van der Waals surface area (Å²) in [5.41, 5.74) is 0.953. The summed E-state index contributed by atoms with van der Waals surface area (Å²) in [5, 5.41) is 2.69. The Morgan fingerprint density at radius 2 is 1.70 bits per heavy atom. The Hall–Kier alpha value is -3.15. The van der Waals surface area contributed by atoms with E-state index in [2.05, 4.69) is 36.2 Å². The molecule has 1 atom stereocenters. The van der Waals surface area contributed by atoms with Crippen LogP contribution in [0.5, 0.6) is 0 Å². The number of likely N-dealkylation sites (tertiary alicyclic amines) is 1. The van der Waals surface area contributed by atoms with Crippen LogP contribution in [0.3, 0.4) is 0 Å². The van der Waals surface area contributed by atoms with Crippen LogP contribution in [-0.2, 0) is 0 Å². The summed E-state index contributed by atoms with van der Waals surface area (Å²) in [6.07, 6.45) is 11.9. The molecule has 1 aromatic carbocycles. The highest BCUT2D eigenvalue weighted by atomic mass is 16.2. The third-order valence-corrected chi connectivity index (χ3v) is 6.96. The molecule has 33 heavy (non-hydrogen) atoms. The van der Waals surface area contributed by atoms with Gasteiger partial charge in [-0.25, -0.2) is 0 Å². The van der Waals surface area contributed by atoms with Gasteiger partial charge < -0.3 is 14.8 Å². The van der Waals surface area contributed by atoms with Crippen LogP contribution >= 0.6 is 0 Å². The maximum atomic E-state index is 13.5. The highest BCUT2D eigenvalue weighted by molar-refractivity contribution is 5.99. The highest BCUT2D eigenvalue weighted by Gasteiger charge is 2.28. The van der Waals surface area contributed by atoms with Gasteiger partial charge in [0, 0.05) is 38.1 Å². The van der Waals surface area contributed by atoms with Crippen molar-refractivity contribution in [2.75, 3.05) is 19.6 Å². The third-order valence-electron chi connectivity index (χ3n) is 6.96. The van der Waals surface area contributed by atoms with Crippen LogP contribution in [0.25, 0.3) is 0 Å². The molecule has 2 heterocycles. The molecule has 2 fully saturated rings. The molecular formula is C27H33N3O3. The topological polar surface area (TPSA) is 71.4 Å². The summed E-state index contributed by atoms with van der Waals surface area (Å²) in [6, 6.07) is 10.6. The first-order valence-corrected chi connectivity index (χ1v) is 12.1. The van der Waals surface area contributed by atoms with E-state index in [9.17, 15) is 14.4 Å². The van der Waals surface area contributed by atoms with Crippen LogP contribution in [0.1, 0.15) is 83.2 Å². The zero-order valence-electron chi connectivity index (χ0n) is 19.2. The monoisotopic (exact) mass is 447 g/mol. The fourth-order valence-corrected chi connectivity index (χ4v) is 5.11. The van der Waals surface area contributed by atoms with Crippen LogP contribution in [0.15, 0.2) is 60.2 Å². The summed E-state index contributed by atoms with van der Waals surface area (Å²) in [7, 11) is 0. The summed E-state index contributed by atoms with van der Waals surface area (Å²) in [5.74, 6) is -0.310. The van der Waals surface area contributed by atoms with Crippen molar-refractivity contribution in [3.63, 3.8) is 0 Å². The molecule has 2 aliphatic rings. The number of pyridine rings is 1. The van der Waals surface area contributed by atoms with Crippen molar-refractivity contribution in [1.82, 2.24) is 14.8 Å². The first kappa shape index (κ1) is 23.0. The molecule has 0 radical (unpaired) electrons. The van der Waals surface area contributed by atoms with E-state index in [1.807, 2.05) is 10.6 Å². The van der Waals surface area contributed by atoms with E-state index in [-0.39, 0.29) is 29.6 Å². The quantitative estimate of drug-likeness (QED) is 0.672. The number of aromatic nitrogens is 1. The van der Waals surface area contributed by atoms with Crippen molar-refractivity contribution in [2.45, 2.75) is 56.9 Å². The Balaban J connectivity index is 1.60. The van der Waals surface area contributed by atoms with Crippen LogP contribution < -0.4 is 10.7 Å². The van der Waals surface area contributed by atoms with E-state index in [1.165, 1.54) is 5.56 Å². The Kier molecular flexibility index (Phi) is 7.43. The number of hydrogen-bond acceptors (Lipinski definition) is 3. The molecule has 0 spiro atoms. The van der Waals surface area contributed by atoms with Crippen LogP contribution in [0.2, 0.25) is 0 Å². The molecule has 4 rings (SSSR count). The number of carbonyl (C=O) groups excluding carboxylic acids is 2. The second-order valence-corrected chi connectivity index (χ2v) is 9.13. The predicted octanol–water partition coefficient (Wildman–Crippen LogP) is 4.29. The number of rotatable bonds is 6. The lowest BCUT2D eigenvalue weighted by molar-refractivity contribution is 0.0758. The number of nitrogens with zero attached hydrogens (tertiary/aromatic N) is 2. The van der Waals surface area contributed by atoms with Crippen LogP contribution in [0, 0.1) is 0 Å². The molecule has 1 aliphatic carbocycles. The Labute approximate surface area is 195 Å². The van der Waals surface area contributed by atoms with E-state index in [4.69, 9.17) is 0 Å². The Bertz CT molecular complexity index is 1050. The molecule has 1 aromatic heterocycles. The molecule has 6 heteroatoms. The highest BCUT2D eigenvalue weighted by Crippen LogP contribution is 2.30. The van der Waals surface area contributed by atoms with Crippen molar-refractivity contribution in [1.29, 1.82) is 0 Å². The van der Waals surface area contributed by atoms with E-state index in [0.717, 1.165) is 44.9 Å². The van der Waals surface area contributed by atoms with Gasteiger partial charge in [-0.3, -0.25) is 14.4 Å². The summed E-state index contributed by atoms with van der Waals surface area (Å²) >= 11 is 0. The SMILES string of the molecule is C=CCNC(=O)c1cn(C2CCCC2)cc(C(=O)N2CCC[C@@H](c3ccccc3)CC2)c1=O. The van der Waals surface area contributed by atoms with Crippen molar-refractivity contribution < 1.29 is 9.59 Å². The summed E-state index contributed by atoms with van der Waals surface area (Å²) in [4.78, 5) is 41.3. The molecule has 2 amide bonds. The minimum atomic E-state index is -0.486. The molecular weight excluding hydrogens is 414 g/mol. The van der Waals surface area contributed by atoms with E-state index < -0.39 is 11.3 Å². The van der Waals surface area contributed by atoms with Gasteiger partial charge in [0.15, 0.2) is 0 Å². The molecule has 1 aliphatic heterocycles. The van der Waals surface area contributed by atoms with Gasteiger partial charge in [0.25, 0.3) is 11.8 Å². The lowest BCUT2D eigenvalue weighted by Gasteiger charge is -2.23. The van der Waals surface area contributed by atoms with Gasteiger partial charge in [-0.15, -0.1) is 6.58 Å². The lowest BCUT2D eigenvalue weighted by Crippen LogP contribution is -2.38. The molecule has 6 nitrogen and oxygen atoms in total. The average Bonchev–Trinajstić information content (AvgIpc) is 3.27. The smallest absolute Gasteiger partial charge is 0.259 e. The van der Waals surface area contributed by atoms with Gasteiger partial charge >= 0.3 is 0 Å². The second kappa shape index (κ2) is 10.6. The Morgan fingerprint density at radius 1 is 0.970 bits per heavy atom. The molecule has 174 valence electrons. The molecule has 0 bridgehead atoms. The molecule has 1 saturated heterocycles. The van der Waals surface area contributed by atoms with Crippen molar-refractivity contribution in [2.24, 2.45) is 0 Å². The minimum Gasteiger partial charge on any atom is -0.349 e. The zero-order valence-corrected chi connectivity index (χ0v) is 19.2. The van der Waals surface area contributed by atoms with Gasteiger partial charge in [-0.1, -0.05) is 49.2 Å². The summed E-state index contributed by atoms with van der Waals surface area (Å²) in [6.45, 7) is 5.11. The number of carbonyl (C=O) groups is 2. The minimum absolute atomic E-state index is 0.0339. The molecule has 0 unspecified atom stereocenters. The lowest BCUT2D eigenvalue weighted by atomic mass is 9.92. The van der Waals surface area contributed by atoms with Crippen molar-refractivity contribution >= 4 is 11.8 Å². The fraction of sp³-hybridized carbons (Fsp3) is 0.444. The fourth-order valence-electron chi connectivity index (χ4n) is 5.11. The summed E-state index contributed by atoms with van der Waals surface area (Å²) < 4.78 is 1.93.